The second-order valence-electron chi connectivity index (χ2n) is 6.92. The van der Waals surface area contributed by atoms with Crippen molar-refractivity contribution in [3.63, 3.8) is 0 Å². The van der Waals surface area contributed by atoms with Crippen LogP contribution in [0.25, 0.3) is 0 Å². The zero-order chi connectivity index (χ0) is 18.0. The average molecular weight is 340 g/mol. The summed E-state index contributed by atoms with van der Waals surface area (Å²) < 4.78 is 1.91. The molecule has 1 saturated heterocycles. The number of aryl methyl sites for hydroxylation is 3. The number of aromatic nitrogens is 2. The fourth-order valence-corrected chi connectivity index (χ4v) is 3.65. The predicted molar refractivity (Wildman–Crippen MR) is 99.7 cm³/mol. The fourth-order valence-electron chi connectivity index (χ4n) is 3.65. The van der Waals surface area contributed by atoms with Crippen molar-refractivity contribution < 1.29 is 4.79 Å². The van der Waals surface area contributed by atoms with Gasteiger partial charge >= 0.3 is 0 Å². The Morgan fingerprint density at radius 2 is 1.84 bits per heavy atom. The maximum atomic E-state index is 12.9. The molecule has 0 saturated carbocycles. The first-order chi connectivity index (χ1) is 12.0. The third-order valence-electron chi connectivity index (χ3n) is 5.04. The van der Waals surface area contributed by atoms with Gasteiger partial charge in [-0.1, -0.05) is 29.8 Å². The van der Waals surface area contributed by atoms with Crippen molar-refractivity contribution in [1.29, 1.82) is 0 Å². The van der Waals surface area contributed by atoms with E-state index in [0.29, 0.717) is 0 Å². The van der Waals surface area contributed by atoms with Crippen LogP contribution in [0.3, 0.4) is 0 Å². The summed E-state index contributed by atoms with van der Waals surface area (Å²) in [6.07, 6.45) is 0. The van der Waals surface area contributed by atoms with Crippen molar-refractivity contribution in [2.45, 2.75) is 40.8 Å². The summed E-state index contributed by atoms with van der Waals surface area (Å²) in [5, 5.41) is 4.48. The van der Waals surface area contributed by atoms with Gasteiger partial charge in [-0.2, -0.15) is 5.10 Å². The molecule has 0 bridgehead atoms. The first-order valence-corrected chi connectivity index (χ1v) is 9.10. The lowest BCUT2D eigenvalue weighted by Crippen LogP contribution is -2.48. The van der Waals surface area contributed by atoms with E-state index in [2.05, 4.69) is 48.1 Å². The molecular formula is C20H28N4O. The summed E-state index contributed by atoms with van der Waals surface area (Å²) in [6, 6.07) is 8.66. The number of hydrogen-bond acceptors (Lipinski definition) is 3. The Kier molecular flexibility index (Phi) is 5.23. The Hall–Kier alpha value is -2.14. The second-order valence-corrected chi connectivity index (χ2v) is 6.92. The van der Waals surface area contributed by atoms with E-state index in [1.54, 1.807) is 0 Å². The summed E-state index contributed by atoms with van der Waals surface area (Å²) in [4.78, 5) is 17.3. The molecule has 0 unspecified atom stereocenters. The molecule has 1 fully saturated rings. The minimum absolute atomic E-state index is 0.130. The van der Waals surface area contributed by atoms with Crippen molar-refractivity contribution in [2.24, 2.45) is 0 Å². The molecule has 0 atom stereocenters. The highest BCUT2D eigenvalue weighted by Gasteiger charge is 2.26. The third-order valence-corrected chi connectivity index (χ3v) is 5.04. The number of rotatable bonds is 4. The van der Waals surface area contributed by atoms with Gasteiger partial charge in [0.05, 0.1) is 11.3 Å². The van der Waals surface area contributed by atoms with Crippen LogP contribution in [0.1, 0.15) is 39.8 Å². The first-order valence-electron chi connectivity index (χ1n) is 9.10. The van der Waals surface area contributed by atoms with Crippen LogP contribution >= 0.6 is 0 Å². The highest BCUT2D eigenvalue weighted by Crippen LogP contribution is 2.18. The summed E-state index contributed by atoms with van der Waals surface area (Å²) in [5.74, 6) is 0.130. The number of amides is 1. The van der Waals surface area contributed by atoms with E-state index in [4.69, 9.17) is 0 Å². The number of carbonyl (C=O) groups excluding carboxylic acids is 1. The standard InChI is InChI=1S/C20H28N4O/c1-5-24-17(4)19(16(3)21-24)20(25)23-11-9-22(10-12-23)14-18-8-6-7-15(2)13-18/h6-8,13H,5,9-12,14H2,1-4H3. The van der Waals surface area contributed by atoms with Crippen LogP contribution in [-0.2, 0) is 13.1 Å². The lowest BCUT2D eigenvalue weighted by molar-refractivity contribution is 0.0627. The van der Waals surface area contributed by atoms with E-state index >= 15 is 0 Å². The molecule has 5 nitrogen and oxygen atoms in total. The molecule has 0 radical (unpaired) electrons. The highest BCUT2D eigenvalue weighted by molar-refractivity contribution is 5.96. The van der Waals surface area contributed by atoms with Crippen LogP contribution in [0.4, 0.5) is 0 Å². The van der Waals surface area contributed by atoms with Crippen molar-refractivity contribution in [1.82, 2.24) is 19.6 Å². The minimum Gasteiger partial charge on any atom is -0.336 e. The lowest BCUT2D eigenvalue weighted by Gasteiger charge is -2.35. The Morgan fingerprint density at radius 1 is 1.12 bits per heavy atom. The number of nitrogens with zero attached hydrogens (tertiary/aromatic N) is 4. The van der Waals surface area contributed by atoms with Crippen LogP contribution in [0.5, 0.6) is 0 Å². The summed E-state index contributed by atoms with van der Waals surface area (Å²) >= 11 is 0. The van der Waals surface area contributed by atoms with Crippen molar-refractivity contribution in [2.75, 3.05) is 26.2 Å². The molecule has 1 amide bonds. The maximum absolute atomic E-state index is 12.9. The SMILES string of the molecule is CCn1nc(C)c(C(=O)N2CCN(Cc3cccc(C)c3)CC2)c1C. The molecule has 134 valence electrons. The van der Waals surface area contributed by atoms with Gasteiger partial charge in [0.2, 0.25) is 0 Å². The Balaban J connectivity index is 1.62. The fraction of sp³-hybridized carbons (Fsp3) is 0.500. The average Bonchev–Trinajstić information content (AvgIpc) is 2.89. The summed E-state index contributed by atoms with van der Waals surface area (Å²) in [6.45, 7) is 13.2. The van der Waals surface area contributed by atoms with Gasteiger partial charge < -0.3 is 4.90 Å². The van der Waals surface area contributed by atoms with E-state index < -0.39 is 0 Å². The zero-order valence-corrected chi connectivity index (χ0v) is 15.7. The van der Waals surface area contributed by atoms with Crippen molar-refractivity contribution >= 4 is 5.91 Å². The maximum Gasteiger partial charge on any atom is 0.257 e. The van der Waals surface area contributed by atoms with E-state index in [1.165, 1.54) is 11.1 Å². The van der Waals surface area contributed by atoms with Gasteiger partial charge in [-0.15, -0.1) is 0 Å². The van der Waals surface area contributed by atoms with Gasteiger partial charge in [0, 0.05) is 45.0 Å². The van der Waals surface area contributed by atoms with E-state index in [0.717, 1.165) is 56.2 Å². The summed E-state index contributed by atoms with van der Waals surface area (Å²) in [7, 11) is 0. The lowest BCUT2D eigenvalue weighted by atomic mass is 10.1. The molecule has 2 aromatic rings. The number of piperazine rings is 1. The topological polar surface area (TPSA) is 41.4 Å². The molecule has 1 aliphatic heterocycles. The van der Waals surface area contributed by atoms with Gasteiger partial charge in [-0.3, -0.25) is 14.4 Å². The monoisotopic (exact) mass is 340 g/mol. The van der Waals surface area contributed by atoms with Gasteiger partial charge in [0.15, 0.2) is 0 Å². The van der Waals surface area contributed by atoms with E-state index in [1.807, 2.05) is 23.4 Å². The first kappa shape index (κ1) is 17.7. The highest BCUT2D eigenvalue weighted by atomic mass is 16.2. The van der Waals surface area contributed by atoms with Crippen LogP contribution in [0, 0.1) is 20.8 Å². The molecule has 1 aromatic carbocycles. The molecule has 25 heavy (non-hydrogen) atoms. The predicted octanol–water partition coefficient (Wildman–Crippen LogP) is 2.79. The molecule has 1 aromatic heterocycles. The number of benzene rings is 1. The van der Waals surface area contributed by atoms with Crippen LogP contribution in [-0.4, -0.2) is 51.7 Å². The van der Waals surface area contributed by atoms with Gasteiger partial charge in [-0.25, -0.2) is 0 Å². The van der Waals surface area contributed by atoms with Gasteiger partial charge in [0.1, 0.15) is 0 Å². The second kappa shape index (κ2) is 7.40. The molecule has 2 heterocycles. The Morgan fingerprint density at radius 3 is 2.44 bits per heavy atom. The molecule has 0 spiro atoms. The van der Waals surface area contributed by atoms with Gasteiger partial charge in [0.25, 0.3) is 5.91 Å². The van der Waals surface area contributed by atoms with Gasteiger partial charge in [-0.05, 0) is 33.3 Å². The van der Waals surface area contributed by atoms with E-state index in [9.17, 15) is 4.79 Å². The quantitative estimate of drug-likeness (QED) is 0.859. The molecule has 0 aliphatic carbocycles. The Labute approximate surface area is 150 Å². The van der Waals surface area contributed by atoms with Crippen molar-refractivity contribution in [3.05, 3.63) is 52.3 Å². The smallest absolute Gasteiger partial charge is 0.257 e. The normalized spacial score (nSPS) is 15.6. The largest absolute Gasteiger partial charge is 0.336 e. The van der Waals surface area contributed by atoms with E-state index in [-0.39, 0.29) is 5.91 Å². The zero-order valence-electron chi connectivity index (χ0n) is 15.7. The number of hydrogen-bond donors (Lipinski definition) is 0. The summed E-state index contributed by atoms with van der Waals surface area (Å²) in [5.41, 5.74) is 5.24. The molecule has 5 heteroatoms. The minimum atomic E-state index is 0.130. The van der Waals surface area contributed by atoms with Crippen LogP contribution in [0.15, 0.2) is 24.3 Å². The van der Waals surface area contributed by atoms with Crippen LogP contribution < -0.4 is 0 Å². The molecular weight excluding hydrogens is 312 g/mol. The molecule has 1 aliphatic rings. The molecule has 3 rings (SSSR count). The third kappa shape index (κ3) is 3.76. The molecule has 0 N–H and O–H groups in total. The van der Waals surface area contributed by atoms with Crippen LogP contribution in [0.2, 0.25) is 0 Å². The Bertz CT molecular complexity index is 757. The number of carbonyl (C=O) groups is 1. The van der Waals surface area contributed by atoms with Crippen molar-refractivity contribution in [3.8, 4) is 0 Å².